The van der Waals surface area contributed by atoms with Crippen LogP contribution in [0, 0.1) is 0 Å². The molecule has 6 nitrogen and oxygen atoms in total. The highest BCUT2D eigenvalue weighted by molar-refractivity contribution is 5.81. The number of ether oxygens (including phenoxy) is 2. The lowest BCUT2D eigenvalue weighted by molar-refractivity contribution is -0.131. The molecule has 0 aromatic heterocycles. The number of aliphatic hydroxyl groups excluding tert-OH is 1. The van der Waals surface area contributed by atoms with Crippen LogP contribution >= 0.6 is 0 Å². The van der Waals surface area contributed by atoms with Crippen LogP contribution in [0.25, 0.3) is 0 Å². The molecule has 3 N–H and O–H groups in total. The summed E-state index contributed by atoms with van der Waals surface area (Å²) in [5, 5.41) is 21.0. The third kappa shape index (κ3) is 3.36. The van der Waals surface area contributed by atoms with E-state index in [1.807, 2.05) is 6.07 Å². The monoisotopic (exact) mass is 267 g/mol. The summed E-state index contributed by atoms with van der Waals surface area (Å²) in [4.78, 5) is 11.9. The Labute approximate surface area is 111 Å². The van der Waals surface area contributed by atoms with Gasteiger partial charge in [-0.3, -0.25) is 4.79 Å². The van der Waals surface area contributed by atoms with E-state index in [1.165, 1.54) is 6.92 Å². The summed E-state index contributed by atoms with van der Waals surface area (Å²) in [7, 11) is 0. The number of hydrogen-bond donors (Lipinski definition) is 3. The number of para-hydroxylation sites is 2. The van der Waals surface area contributed by atoms with E-state index in [1.54, 1.807) is 18.2 Å². The lowest BCUT2D eigenvalue weighted by Gasteiger charge is -2.27. The Balaban J connectivity index is 1.92. The molecule has 0 fully saturated rings. The van der Waals surface area contributed by atoms with Crippen molar-refractivity contribution in [3.8, 4) is 11.5 Å². The summed E-state index contributed by atoms with van der Waals surface area (Å²) in [5.41, 5.74) is -1.34. The number of hydrogen-bond acceptors (Lipinski definition) is 5. The SMILES string of the molecule is CC(O)(CO)CNC(=O)C1COc2ccccc2O1. The van der Waals surface area contributed by atoms with E-state index in [-0.39, 0.29) is 19.1 Å². The van der Waals surface area contributed by atoms with Gasteiger partial charge in [-0.1, -0.05) is 12.1 Å². The van der Waals surface area contributed by atoms with Crippen LogP contribution in [0.1, 0.15) is 6.92 Å². The molecule has 0 saturated heterocycles. The summed E-state index contributed by atoms with van der Waals surface area (Å²) < 4.78 is 10.9. The van der Waals surface area contributed by atoms with Crippen LogP contribution in [-0.2, 0) is 4.79 Å². The fourth-order valence-electron chi connectivity index (χ4n) is 1.60. The Morgan fingerprint density at radius 3 is 2.84 bits per heavy atom. The van der Waals surface area contributed by atoms with Crippen LogP contribution in [0.2, 0.25) is 0 Å². The van der Waals surface area contributed by atoms with E-state index in [0.29, 0.717) is 11.5 Å². The first-order valence-corrected chi connectivity index (χ1v) is 6.01. The first-order valence-electron chi connectivity index (χ1n) is 6.01. The second kappa shape index (κ2) is 5.46. The summed E-state index contributed by atoms with van der Waals surface area (Å²) in [6, 6.07) is 7.10. The predicted octanol–water partition coefficient (Wildman–Crippen LogP) is -0.314. The molecular formula is C13H17NO5. The van der Waals surface area contributed by atoms with Gasteiger partial charge in [0.2, 0.25) is 6.10 Å². The van der Waals surface area contributed by atoms with Crippen LogP contribution in [0.15, 0.2) is 24.3 Å². The zero-order chi connectivity index (χ0) is 13.9. The molecule has 0 radical (unpaired) electrons. The molecule has 0 saturated carbocycles. The van der Waals surface area contributed by atoms with Gasteiger partial charge < -0.3 is 25.0 Å². The van der Waals surface area contributed by atoms with Crippen molar-refractivity contribution in [2.45, 2.75) is 18.6 Å². The molecule has 19 heavy (non-hydrogen) atoms. The largest absolute Gasteiger partial charge is 0.485 e. The molecular weight excluding hydrogens is 250 g/mol. The molecule has 1 aliphatic rings. The Morgan fingerprint density at radius 2 is 2.16 bits per heavy atom. The molecule has 0 aliphatic carbocycles. The van der Waals surface area contributed by atoms with Crippen molar-refractivity contribution in [3.05, 3.63) is 24.3 Å². The van der Waals surface area contributed by atoms with Crippen molar-refractivity contribution in [3.63, 3.8) is 0 Å². The van der Waals surface area contributed by atoms with E-state index >= 15 is 0 Å². The molecule has 1 amide bonds. The van der Waals surface area contributed by atoms with Crippen molar-refractivity contribution in [1.82, 2.24) is 5.32 Å². The van der Waals surface area contributed by atoms with Gasteiger partial charge in [-0.05, 0) is 19.1 Å². The van der Waals surface area contributed by atoms with E-state index in [4.69, 9.17) is 14.6 Å². The summed E-state index contributed by atoms with van der Waals surface area (Å²) in [5.74, 6) is 0.736. The lowest BCUT2D eigenvalue weighted by atomic mass is 10.1. The van der Waals surface area contributed by atoms with Gasteiger partial charge in [0.15, 0.2) is 11.5 Å². The van der Waals surface area contributed by atoms with Gasteiger partial charge in [0.1, 0.15) is 12.2 Å². The van der Waals surface area contributed by atoms with Crippen molar-refractivity contribution < 1.29 is 24.5 Å². The van der Waals surface area contributed by atoms with Crippen molar-refractivity contribution in [1.29, 1.82) is 0 Å². The van der Waals surface area contributed by atoms with E-state index < -0.39 is 18.3 Å². The molecule has 1 heterocycles. The second-order valence-corrected chi connectivity index (χ2v) is 4.74. The first kappa shape index (κ1) is 13.6. The van der Waals surface area contributed by atoms with Gasteiger partial charge in [0.25, 0.3) is 5.91 Å². The maximum Gasteiger partial charge on any atom is 0.264 e. The summed E-state index contributed by atoms with van der Waals surface area (Å²) in [6.07, 6.45) is -0.760. The molecule has 2 unspecified atom stereocenters. The first-order chi connectivity index (χ1) is 9.02. The van der Waals surface area contributed by atoms with Gasteiger partial charge >= 0.3 is 0 Å². The minimum Gasteiger partial charge on any atom is -0.485 e. The fourth-order valence-corrected chi connectivity index (χ4v) is 1.60. The normalized spacial score (nSPS) is 20.5. The molecule has 2 atom stereocenters. The lowest BCUT2D eigenvalue weighted by Crippen LogP contribution is -2.49. The highest BCUT2D eigenvalue weighted by Gasteiger charge is 2.29. The average molecular weight is 267 g/mol. The van der Waals surface area contributed by atoms with Crippen LogP contribution in [-0.4, -0.2) is 47.6 Å². The van der Waals surface area contributed by atoms with Gasteiger partial charge in [0.05, 0.1) is 6.61 Å². The Kier molecular flexibility index (Phi) is 3.92. The number of carbonyl (C=O) groups is 1. The third-order valence-electron chi connectivity index (χ3n) is 2.79. The van der Waals surface area contributed by atoms with Crippen LogP contribution < -0.4 is 14.8 Å². The minimum absolute atomic E-state index is 0.0517. The number of carbonyl (C=O) groups excluding carboxylic acids is 1. The fraction of sp³-hybridized carbons (Fsp3) is 0.462. The number of nitrogens with one attached hydrogen (secondary N) is 1. The average Bonchev–Trinajstić information content (AvgIpc) is 2.44. The minimum atomic E-state index is -1.34. The number of fused-ring (bicyclic) bond motifs is 1. The molecule has 6 heteroatoms. The summed E-state index contributed by atoms with van der Waals surface area (Å²) in [6.45, 7) is 1.06. The van der Waals surface area contributed by atoms with Crippen LogP contribution in [0.5, 0.6) is 11.5 Å². The van der Waals surface area contributed by atoms with Gasteiger partial charge in [0, 0.05) is 6.54 Å². The van der Waals surface area contributed by atoms with Crippen LogP contribution in [0.4, 0.5) is 0 Å². The zero-order valence-electron chi connectivity index (χ0n) is 10.6. The molecule has 2 rings (SSSR count). The quantitative estimate of drug-likeness (QED) is 0.696. The van der Waals surface area contributed by atoms with Crippen molar-refractivity contribution >= 4 is 5.91 Å². The van der Waals surface area contributed by atoms with Crippen LogP contribution in [0.3, 0.4) is 0 Å². The molecule has 1 aromatic carbocycles. The molecule has 1 aromatic rings. The van der Waals surface area contributed by atoms with Crippen molar-refractivity contribution in [2.24, 2.45) is 0 Å². The van der Waals surface area contributed by atoms with Gasteiger partial charge in [-0.25, -0.2) is 0 Å². The molecule has 104 valence electrons. The number of amides is 1. The van der Waals surface area contributed by atoms with E-state index in [0.717, 1.165) is 0 Å². The highest BCUT2D eigenvalue weighted by Crippen LogP contribution is 2.30. The van der Waals surface area contributed by atoms with Crippen molar-refractivity contribution in [2.75, 3.05) is 19.8 Å². The third-order valence-corrected chi connectivity index (χ3v) is 2.79. The maximum atomic E-state index is 11.9. The molecule has 0 bridgehead atoms. The van der Waals surface area contributed by atoms with E-state index in [9.17, 15) is 9.90 Å². The number of aliphatic hydroxyl groups is 2. The Morgan fingerprint density at radius 1 is 1.47 bits per heavy atom. The highest BCUT2D eigenvalue weighted by atomic mass is 16.6. The Bertz CT molecular complexity index is 460. The topological polar surface area (TPSA) is 88.0 Å². The van der Waals surface area contributed by atoms with Gasteiger partial charge in [-0.2, -0.15) is 0 Å². The van der Waals surface area contributed by atoms with Gasteiger partial charge in [-0.15, -0.1) is 0 Å². The predicted molar refractivity (Wildman–Crippen MR) is 67.1 cm³/mol. The number of benzene rings is 1. The standard InChI is InChI=1S/C13H17NO5/c1-13(17,8-15)7-14-12(16)11-6-18-9-4-2-3-5-10(9)19-11/h2-5,11,15,17H,6-8H2,1H3,(H,14,16). The second-order valence-electron chi connectivity index (χ2n) is 4.74. The van der Waals surface area contributed by atoms with E-state index in [2.05, 4.69) is 5.32 Å². The Hall–Kier alpha value is -1.79. The number of rotatable bonds is 4. The molecule has 0 spiro atoms. The summed E-state index contributed by atoms with van der Waals surface area (Å²) >= 11 is 0. The zero-order valence-corrected chi connectivity index (χ0v) is 10.6. The smallest absolute Gasteiger partial charge is 0.264 e. The molecule has 1 aliphatic heterocycles. The maximum absolute atomic E-state index is 11.9.